The Morgan fingerprint density at radius 1 is 1.00 bits per heavy atom. The number of carbonyl (C=O) groups excluding carboxylic acids is 2. The third-order valence-electron chi connectivity index (χ3n) is 3.50. The quantitative estimate of drug-likeness (QED) is 0.689. The van der Waals surface area contributed by atoms with Gasteiger partial charge >= 0.3 is 0 Å². The molecule has 0 heterocycles. The van der Waals surface area contributed by atoms with Gasteiger partial charge in [-0.15, -0.1) is 0 Å². The number of halogens is 2. The molecule has 2 aromatic carbocycles. The number of rotatable bonds is 7. The second-order valence-electron chi connectivity index (χ2n) is 5.74. The molecule has 0 aliphatic rings. The minimum atomic E-state index is -0.364. The van der Waals surface area contributed by atoms with Crippen LogP contribution >= 0.6 is 23.2 Å². The van der Waals surface area contributed by atoms with Gasteiger partial charge in [-0.2, -0.15) is 0 Å². The molecular weight excluding hydrogens is 375 g/mol. The smallest absolute Gasteiger partial charge is 0.262 e. The van der Waals surface area contributed by atoms with Crippen molar-refractivity contribution in [3.05, 3.63) is 52.0 Å². The van der Waals surface area contributed by atoms with Crippen molar-refractivity contribution in [3.8, 4) is 5.75 Å². The molecule has 2 N–H and O–H groups in total. The molecule has 0 bridgehead atoms. The van der Waals surface area contributed by atoms with E-state index in [0.29, 0.717) is 33.6 Å². The number of carbonyl (C=O) groups is 2. The van der Waals surface area contributed by atoms with E-state index in [1.807, 2.05) is 13.8 Å². The maximum absolute atomic E-state index is 12.1. The van der Waals surface area contributed by atoms with Crippen LogP contribution in [0.15, 0.2) is 36.4 Å². The minimum absolute atomic E-state index is 0.0893. The third-order valence-corrected chi connectivity index (χ3v) is 4.25. The van der Waals surface area contributed by atoms with Gasteiger partial charge in [0, 0.05) is 17.1 Å². The maximum atomic E-state index is 12.1. The van der Waals surface area contributed by atoms with Crippen LogP contribution in [0.25, 0.3) is 0 Å². The van der Waals surface area contributed by atoms with Crippen molar-refractivity contribution in [2.45, 2.75) is 26.7 Å². The summed E-state index contributed by atoms with van der Waals surface area (Å²) in [5, 5.41) is 6.44. The first-order valence-electron chi connectivity index (χ1n) is 8.17. The lowest BCUT2D eigenvalue weighted by molar-refractivity contribution is -0.118. The van der Waals surface area contributed by atoms with E-state index in [9.17, 15) is 9.59 Å². The van der Waals surface area contributed by atoms with Crippen molar-refractivity contribution in [2.24, 2.45) is 0 Å². The molecule has 0 unspecified atom stereocenters. The molecule has 0 aliphatic heterocycles. The Kier molecular flexibility index (Phi) is 7.30. The number of benzene rings is 2. The van der Waals surface area contributed by atoms with Gasteiger partial charge in [0.05, 0.1) is 10.7 Å². The largest absolute Gasteiger partial charge is 0.484 e. The number of aryl methyl sites for hydroxylation is 1. The lowest BCUT2D eigenvalue weighted by atomic mass is 10.2. The van der Waals surface area contributed by atoms with Gasteiger partial charge in [-0.3, -0.25) is 9.59 Å². The van der Waals surface area contributed by atoms with Crippen LogP contribution in [0.1, 0.15) is 25.3 Å². The van der Waals surface area contributed by atoms with Crippen molar-refractivity contribution in [2.75, 3.05) is 17.2 Å². The molecule has 5 nitrogen and oxygen atoms in total. The Morgan fingerprint density at radius 2 is 1.73 bits per heavy atom. The van der Waals surface area contributed by atoms with Gasteiger partial charge in [0.2, 0.25) is 5.91 Å². The zero-order chi connectivity index (χ0) is 19.1. The predicted molar refractivity (Wildman–Crippen MR) is 105 cm³/mol. The molecule has 2 amide bonds. The van der Waals surface area contributed by atoms with Gasteiger partial charge in [0.15, 0.2) is 6.61 Å². The van der Waals surface area contributed by atoms with E-state index in [1.165, 1.54) is 0 Å². The van der Waals surface area contributed by atoms with Crippen molar-refractivity contribution in [1.82, 2.24) is 0 Å². The number of nitrogens with one attached hydrogen (secondary N) is 2. The summed E-state index contributed by atoms with van der Waals surface area (Å²) in [4.78, 5) is 23.8. The van der Waals surface area contributed by atoms with Crippen LogP contribution in [-0.2, 0) is 9.59 Å². The first-order chi connectivity index (χ1) is 12.4. The first kappa shape index (κ1) is 20.1. The number of amides is 2. The molecule has 0 spiro atoms. The van der Waals surface area contributed by atoms with E-state index >= 15 is 0 Å². The summed E-state index contributed by atoms with van der Waals surface area (Å²) in [5.41, 5.74) is 1.84. The van der Waals surface area contributed by atoms with Crippen LogP contribution < -0.4 is 15.4 Å². The van der Waals surface area contributed by atoms with Gasteiger partial charge in [-0.25, -0.2) is 0 Å². The molecule has 0 saturated heterocycles. The Morgan fingerprint density at radius 3 is 2.42 bits per heavy atom. The molecular formula is C19H20Cl2N2O3. The minimum Gasteiger partial charge on any atom is -0.484 e. The van der Waals surface area contributed by atoms with Gasteiger partial charge in [0.25, 0.3) is 5.91 Å². The lowest BCUT2D eigenvalue weighted by Gasteiger charge is -2.11. The Bertz CT molecular complexity index is 809. The highest BCUT2D eigenvalue weighted by Crippen LogP contribution is 2.26. The molecule has 7 heteroatoms. The summed E-state index contributed by atoms with van der Waals surface area (Å²) in [6.07, 6.45) is 1.18. The second-order valence-corrected chi connectivity index (χ2v) is 6.56. The van der Waals surface area contributed by atoms with Crippen LogP contribution in [0, 0.1) is 6.92 Å². The summed E-state index contributed by atoms with van der Waals surface area (Å²) in [7, 11) is 0. The van der Waals surface area contributed by atoms with Crippen molar-refractivity contribution >= 4 is 46.4 Å². The fourth-order valence-electron chi connectivity index (χ4n) is 2.19. The third kappa shape index (κ3) is 5.93. The van der Waals surface area contributed by atoms with E-state index in [0.717, 1.165) is 12.0 Å². The molecule has 2 aromatic rings. The van der Waals surface area contributed by atoms with E-state index in [4.69, 9.17) is 27.9 Å². The molecule has 0 atom stereocenters. The fourth-order valence-corrected chi connectivity index (χ4v) is 2.47. The lowest BCUT2D eigenvalue weighted by Crippen LogP contribution is -2.20. The number of ether oxygens (including phenoxy) is 1. The van der Waals surface area contributed by atoms with Gasteiger partial charge < -0.3 is 15.4 Å². The SMILES string of the molecule is CCCC(=O)Nc1ccc(Cl)c(NC(=O)COc2ccc(Cl)c(C)c2)c1. The fraction of sp³-hybridized carbons (Fsp3) is 0.263. The van der Waals surface area contributed by atoms with E-state index in [2.05, 4.69) is 10.6 Å². The summed E-state index contributed by atoms with van der Waals surface area (Å²) in [6.45, 7) is 3.60. The summed E-state index contributed by atoms with van der Waals surface area (Å²) in [5.74, 6) is 0.0961. The van der Waals surface area contributed by atoms with Crippen LogP contribution in [0.2, 0.25) is 10.0 Å². The zero-order valence-electron chi connectivity index (χ0n) is 14.6. The highest BCUT2D eigenvalue weighted by atomic mass is 35.5. The van der Waals surface area contributed by atoms with Gasteiger partial charge in [-0.1, -0.05) is 30.1 Å². The molecule has 0 aromatic heterocycles. The normalized spacial score (nSPS) is 10.3. The van der Waals surface area contributed by atoms with Crippen LogP contribution in [0.4, 0.5) is 11.4 Å². The highest BCUT2D eigenvalue weighted by Gasteiger charge is 2.10. The zero-order valence-corrected chi connectivity index (χ0v) is 16.1. The molecule has 138 valence electrons. The average molecular weight is 395 g/mol. The number of hydrogen-bond acceptors (Lipinski definition) is 3. The van der Waals surface area contributed by atoms with Crippen molar-refractivity contribution < 1.29 is 14.3 Å². The van der Waals surface area contributed by atoms with Crippen LogP contribution in [0.3, 0.4) is 0 Å². The first-order valence-corrected chi connectivity index (χ1v) is 8.93. The topological polar surface area (TPSA) is 67.4 Å². The van der Waals surface area contributed by atoms with Crippen LogP contribution in [-0.4, -0.2) is 18.4 Å². The molecule has 0 radical (unpaired) electrons. The molecule has 0 fully saturated rings. The average Bonchev–Trinajstić information content (AvgIpc) is 2.59. The number of hydrogen-bond donors (Lipinski definition) is 2. The molecule has 26 heavy (non-hydrogen) atoms. The second kappa shape index (κ2) is 9.46. The molecule has 0 aliphatic carbocycles. The van der Waals surface area contributed by atoms with Gasteiger partial charge in [-0.05, 0) is 55.3 Å². The highest BCUT2D eigenvalue weighted by molar-refractivity contribution is 6.34. The Labute approximate surface area is 162 Å². The van der Waals surface area contributed by atoms with E-state index in [1.54, 1.807) is 36.4 Å². The van der Waals surface area contributed by atoms with E-state index in [-0.39, 0.29) is 18.4 Å². The number of anilines is 2. The van der Waals surface area contributed by atoms with Crippen molar-refractivity contribution in [1.29, 1.82) is 0 Å². The predicted octanol–water partition coefficient (Wildman–Crippen LogP) is 5.06. The van der Waals surface area contributed by atoms with Gasteiger partial charge in [0.1, 0.15) is 5.75 Å². The van der Waals surface area contributed by atoms with Crippen molar-refractivity contribution in [3.63, 3.8) is 0 Å². The summed E-state index contributed by atoms with van der Waals surface area (Å²) < 4.78 is 5.46. The monoisotopic (exact) mass is 394 g/mol. The molecule has 0 saturated carbocycles. The Balaban J connectivity index is 1.97. The summed E-state index contributed by atoms with van der Waals surface area (Å²) >= 11 is 12.1. The van der Waals surface area contributed by atoms with E-state index < -0.39 is 0 Å². The molecule has 2 rings (SSSR count). The standard InChI is InChI=1S/C19H20Cl2N2O3/c1-3-4-18(24)22-13-5-7-16(21)17(10-13)23-19(25)11-26-14-6-8-15(20)12(2)9-14/h5-10H,3-4,11H2,1-2H3,(H,22,24)(H,23,25). The Hall–Kier alpha value is -2.24. The maximum Gasteiger partial charge on any atom is 0.262 e. The summed E-state index contributed by atoms with van der Waals surface area (Å²) in [6, 6.07) is 10.1. The van der Waals surface area contributed by atoms with Crippen LogP contribution in [0.5, 0.6) is 5.75 Å².